The van der Waals surface area contributed by atoms with Crippen LogP contribution < -0.4 is 5.73 Å². The summed E-state index contributed by atoms with van der Waals surface area (Å²) in [5.41, 5.74) is 4.02. The highest BCUT2D eigenvalue weighted by atomic mass is 19.4. The number of benzene rings is 1. The average Bonchev–Trinajstić information content (AvgIpc) is 3.08. The molecular formula is C12H13F3N2O2. The van der Waals surface area contributed by atoms with Crippen molar-refractivity contribution in [2.75, 3.05) is 0 Å². The number of rotatable bonds is 3. The summed E-state index contributed by atoms with van der Waals surface area (Å²) in [7, 11) is 0. The minimum atomic E-state index is -4.60. The zero-order valence-corrected chi connectivity index (χ0v) is 10.2. The second-order valence-electron chi connectivity index (χ2n) is 4.97. The number of nitro benzene ring substituents is 1. The van der Waals surface area contributed by atoms with Crippen molar-refractivity contribution in [1.82, 2.24) is 0 Å². The number of alkyl halides is 3. The van der Waals surface area contributed by atoms with Gasteiger partial charge in [0.2, 0.25) is 0 Å². The van der Waals surface area contributed by atoms with Crippen LogP contribution in [0.2, 0.25) is 0 Å². The maximum atomic E-state index is 12.8. The van der Waals surface area contributed by atoms with Crippen LogP contribution in [0.4, 0.5) is 18.9 Å². The Morgan fingerprint density at radius 1 is 1.37 bits per heavy atom. The van der Waals surface area contributed by atoms with Crippen molar-refractivity contribution < 1.29 is 18.1 Å². The molecule has 0 spiro atoms. The molecule has 2 N–H and O–H groups in total. The standard InChI is InChI=1S/C12H13F3N2O2/c1-7(16)11(2-3-11)8-4-9(12(13,14)15)6-10(5-8)17(18)19/h4-7H,2-3,16H2,1H3. The van der Waals surface area contributed by atoms with Gasteiger partial charge in [-0.3, -0.25) is 10.1 Å². The molecule has 1 aliphatic carbocycles. The van der Waals surface area contributed by atoms with E-state index in [-0.39, 0.29) is 6.04 Å². The molecule has 0 bridgehead atoms. The third-order valence-corrected chi connectivity index (χ3v) is 3.69. The molecule has 104 valence electrons. The Balaban J connectivity index is 2.56. The Hall–Kier alpha value is -1.63. The predicted octanol–water partition coefficient (Wildman–Crippen LogP) is 2.99. The average molecular weight is 274 g/mol. The maximum Gasteiger partial charge on any atom is 0.416 e. The number of non-ortho nitro benzene ring substituents is 1. The lowest BCUT2D eigenvalue weighted by atomic mass is 9.88. The molecule has 1 aromatic rings. The first-order valence-corrected chi connectivity index (χ1v) is 5.79. The third-order valence-electron chi connectivity index (χ3n) is 3.69. The molecule has 0 aromatic heterocycles. The van der Waals surface area contributed by atoms with Crippen LogP contribution in [0.3, 0.4) is 0 Å². The fourth-order valence-electron chi connectivity index (χ4n) is 2.31. The molecule has 1 atom stereocenters. The van der Waals surface area contributed by atoms with Gasteiger partial charge in [-0.15, -0.1) is 0 Å². The van der Waals surface area contributed by atoms with Crippen LogP contribution in [0.15, 0.2) is 18.2 Å². The zero-order valence-electron chi connectivity index (χ0n) is 10.2. The van der Waals surface area contributed by atoms with E-state index in [1.807, 2.05) is 0 Å². The summed E-state index contributed by atoms with van der Waals surface area (Å²) in [6.45, 7) is 1.71. The molecule has 4 nitrogen and oxygen atoms in total. The van der Waals surface area contributed by atoms with Gasteiger partial charge in [0, 0.05) is 23.6 Å². The Labute approximate surface area is 107 Å². The number of nitro groups is 1. The van der Waals surface area contributed by atoms with Crippen molar-refractivity contribution >= 4 is 5.69 Å². The van der Waals surface area contributed by atoms with Crippen LogP contribution in [0.5, 0.6) is 0 Å². The highest BCUT2D eigenvalue weighted by Crippen LogP contribution is 2.51. The lowest BCUT2D eigenvalue weighted by Gasteiger charge is -2.21. The lowest BCUT2D eigenvalue weighted by molar-refractivity contribution is -0.385. The molecular weight excluding hydrogens is 261 g/mol. The highest BCUT2D eigenvalue weighted by molar-refractivity contribution is 5.46. The van der Waals surface area contributed by atoms with Gasteiger partial charge < -0.3 is 5.73 Å². The first-order valence-electron chi connectivity index (χ1n) is 5.79. The Morgan fingerprint density at radius 2 is 1.95 bits per heavy atom. The summed E-state index contributed by atoms with van der Waals surface area (Å²) in [4.78, 5) is 9.95. The van der Waals surface area contributed by atoms with Crippen LogP contribution >= 0.6 is 0 Å². The molecule has 0 radical (unpaired) electrons. The van der Waals surface area contributed by atoms with E-state index in [0.29, 0.717) is 24.5 Å². The molecule has 1 aromatic carbocycles. The van der Waals surface area contributed by atoms with Crippen molar-refractivity contribution in [3.8, 4) is 0 Å². The predicted molar refractivity (Wildman–Crippen MR) is 62.7 cm³/mol. The zero-order chi connectivity index (χ0) is 14.4. The van der Waals surface area contributed by atoms with Crippen LogP contribution in [-0.4, -0.2) is 11.0 Å². The molecule has 7 heteroatoms. The van der Waals surface area contributed by atoms with Crippen molar-refractivity contribution in [3.63, 3.8) is 0 Å². The number of hydrogen-bond donors (Lipinski definition) is 1. The molecule has 0 amide bonds. The van der Waals surface area contributed by atoms with Gasteiger partial charge in [0.05, 0.1) is 10.5 Å². The minimum absolute atomic E-state index is 0.309. The van der Waals surface area contributed by atoms with Crippen molar-refractivity contribution in [2.45, 2.75) is 37.4 Å². The van der Waals surface area contributed by atoms with Gasteiger partial charge in [-0.2, -0.15) is 13.2 Å². The Kier molecular flexibility index (Phi) is 3.04. The minimum Gasteiger partial charge on any atom is -0.327 e. The molecule has 0 saturated heterocycles. The van der Waals surface area contributed by atoms with Gasteiger partial charge >= 0.3 is 6.18 Å². The van der Waals surface area contributed by atoms with E-state index < -0.39 is 27.8 Å². The highest BCUT2D eigenvalue weighted by Gasteiger charge is 2.49. The SMILES string of the molecule is CC(N)C1(c2cc([N+](=O)[O-])cc(C(F)(F)F)c2)CC1. The molecule has 0 aliphatic heterocycles. The van der Waals surface area contributed by atoms with Crippen LogP contribution in [0, 0.1) is 10.1 Å². The number of nitrogens with zero attached hydrogens (tertiary/aromatic N) is 1. The molecule has 1 fully saturated rings. The summed E-state index contributed by atoms with van der Waals surface area (Å²) in [5, 5.41) is 10.8. The molecule has 0 heterocycles. The number of hydrogen-bond acceptors (Lipinski definition) is 3. The summed E-state index contributed by atoms with van der Waals surface area (Å²) >= 11 is 0. The van der Waals surface area contributed by atoms with E-state index in [0.717, 1.165) is 6.07 Å². The maximum absolute atomic E-state index is 12.8. The molecule has 19 heavy (non-hydrogen) atoms. The van der Waals surface area contributed by atoms with Crippen molar-refractivity contribution in [3.05, 3.63) is 39.4 Å². The molecule has 1 aliphatic rings. The lowest BCUT2D eigenvalue weighted by Crippen LogP contribution is -2.31. The van der Waals surface area contributed by atoms with Crippen molar-refractivity contribution in [1.29, 1.82) is 0 Å². The van der Waals surface area contributed by atoms with Crippen LogP contribution in [0.1, 0.15) is 30.9 Å². The topological polar surface area (TPSA) is 69.2 Å². The first-order chi connectivity index (χ1) is 8.67. The fraction of sp³-hybridized carbons (Fsp3) is 0.500. The van der Waals surface area contributed by atoms with E-state index in [2.05, 4.69) is 0 Å². The van der Waals surface area contributed by atoms with E-state index in [9.17, 15) is 23.3 Å². The van der Waals surface area contributed by atoms with E-state index in [1.165, 1.54) is 6.07 Å². The smallest absolute Gasteiger partial charge is 0.327 e. The number of nitrogens with two attached hydrogens (primary N) is 1. The third kappa shape index (κ3) is 2.42. The fourth-order valence-corrected chi connectivity index (χ4v) is 2.31. The largest absolute Gasteiger partial charge is 0.416 e. The quantitative estimate of drug-likeness (QED) is 0.680. The normalized spacial score (nSPS) is 19.0. The van der Waals surface area contributed by atoms with Gasteiger partial charge in [-0.25, -0.2) is 0 Å². The van der Waals surface area contributed by atoms with Gasteiger partial charge in [-0.1, -0.05) is 0 Å². The van der Waals surface area contributed by atoms with Gasteiger partial charge in [0.25, 0.3) is 5.69 Å². The second-order valence-corrected chi connectivity index (χ2v) is 4.97. The van der Waals surface area contributed by atoms with Gasteiger partial charge in [-0.05, 0) is 31.4 Å². The van der Waals surface area contributed by atoms with Gasteiger partial charge in [0.15, 0.2) is 0 Å². The molecule has 1 saturated carbocycles. The summed E-state index contributed by atoms with van der Waals surface area (Å²) < 4.78 is 38.3. The summed E-state index contributed by atoms with van der Waals surface area (Å²) in [6, 6.07) is 2.39. The monoisotopic (exact) mass is 274 g/mol. The van der Waals surface area contributed by atoms with Crippen LogP contribution in [-0.2, 0) is 11.6 Å². The van der Waals surface area contributed by atoms with E-state index >= 15 is 0 Å². The van der Waals surface area contributed by atoms with E-state index in [1.54, 1.807) is 6.92 Å². The summed E-state index contributed by atoms with van der Waals surface area (Å²) in [5.74, 6) is 0. The van der Waals surface area contributed by atoms with Crippen LogP contribution in [0.25, 0.3) is 0 Å². The second kappa shape index (κ2) is 4.19. The number of halogens is 3. The van der Waals surface area contributed by atoms with Gasteiger partial charge in [0.1, 0.15) is 0 Å². The first kappa shape index (κ1) is 13.8. The molecule has 1 unspecified atom stereocenters. The van der Waals surface area contributed by atoms with Crippen molar-refractivity contribution in [2.24, 2.45) is 5.73 Å². The summed E-state index contributed by atoms with van der Waals surface area (Å²) in [6.07, 6.45) is -3.29. The van der Waals surface area contributed by atoms with E-state index in [4.69, 9.17) is 5.73 Å². The Morgan fingerprint density at radius 3 is 2.32 bits per heavy atom. The molecule has 2 rings (SSSR count). The Bertz CT molecular complexity index is 522.